The molecule has 1 fully saturated rings. The van der Waals surface area contributed by atoms with Crippen LogP contribution in [0.4, 0.5) is 4.39 Å². The van der Waals surface area contributed by atoms with Crippen molar-refractivity contribution in [3.05, 3.63) is 35.6 Å². The number of carbonyl (C=O) groups is 1. The van der Waals surface area contributed by atoms with E-state index < -0.39 is 11.8 Å². The number of nitrogens with two attached hydrogens (primary N) is 1. The van der Waals surface area contributed by atoms with Crippen LogP contribution in [-0.2, 0) is 16.0 Å². The van der Waals surface area contributed by atoms with Crippen LogP contribution in [0.25, 0.3) is 0 Å². The lowest BCUT2D eigenvalue weighted by atomic mass is 9.96. The van der Waals surface area contributed by atoms with Crippen molar-refractivity contribution in [3.63, 3.8) is 0 Å². The van der Waals surface area contributed by atoms with Gasteiger partial charge in [0.1, 0.15) is 5.82 Å². The molecule has 0 radical (unpaired) electrons. The van der Waals surface area contributed by atoms with Gasteiger partial charge in [0.05, 0.1) is 12.5 Å². The predicted molar refractivity (Wildman–Crippen MR) is 110 cm³/mol. The fourth-order valence-corrected chi connectivity index (χ4v) is 3.34. The van der Waals surface area contributed by atoms with Gasteiger partial charge in [-0.3, -0.25) is 9.79 Å². The highest BCUT2D eigenvalue weighted by Gasteiger charge is 2.18. The average molecular weight is 393 g/mol. The highest BCUT2D eigenvalue weighted by Crippen LogP contribution is 2.18. The van der Waals surface area contributed by atoms with Gasteiger partial charge in [-0.1, -0.05) is 12.1 Å². The molecule has 1 unspecified atom stereocenters. The minimum Gasteiger partial charge on any atom is -0.381 e. The van der Waals surface area contributed by atoms with Crippen LogP contribution >= 0.6 is 0 Å². The van der Waals surface area contributed by atoms with Crippen molar-refractivity contribution in [3.8, 4) is 0 Å². The Labute approximate surface area is 167 Å². The molecule has 0 aliphatic carbocycles. The summed E-state index contributed by atoms with van der Waals surface area (Å²) in [4.78, 5) is 18.6. The Morgan fingerprint density at radius 3 is 2.64 bits per heavy atom. The van der Waals surface area contributed by atoms with Crippen molar-refractivity contribution in [2.75, 3.05) is 39.9 Å². The topological polar surface area (TPSA) is 79.9 Å². The van der Waals surface area contributed by atoms with E-state index in [0.717, 1.165) is 57.1 Å². The molecule has 6 nitrogen and oxygen atoms in total. The van der Waals surface area contributed by atoms with Crippen molar-refractivity contribution in [1.29, 1.82) is 0 Å². The molecule has 1 atom stereocenters. The maximum Gasteiger partial charge on any atom is 0.222 e. The van der Waals surface area contributed by atoms with Gasteiger partial charge in [0.25, 0.3) is 0 Å². The minimum atomic E-state index is -0.428. The van der Waals surface area contributed by atoms with Crippen LogP contribution in [0.15, 0.2) is 29.3 Å². The molecule has 0 spiro atoms. The summed E-state index contributed by atoms with van der Waals surface area (Å²) in [6.45, 7) is 5.68. The van der Waals surface area contributed by atoms with Crippen LogP contribution in [0.3, 0.4) is 0 Å². The lowest BCUT2D eigenvalue weighted by Gasteiger charge is -2.27. The second kappa shape index (κ2) is 11.6. The summed E-state index contributed by atoms with van der Waals surface area (Å²) in [5.41, 5.74) is 6.45. The zero-order valence-corrected chi connectivity index (χ0v) is 17.0. The first-order valence-electron chi connectivity index (χ1n) is 10.1. The number of hydrogen-bond donors (Lipinski definition) is 2. The van der Waals surface area contributed by atoms with Crippen molar-refractivity contribution < 1.29 is 13.9 Å². The van der Waals surface area contributed by atoms with Gasteiger partial charge in [-0.25, -0.2) is 4.39 Å². The molecule has 7 heteroatoms. The molecule has 156 valence electrons. The first-order valence-corrected chi connectivity index (χ1v) is 10.1. The normalized spacial score (nSPS) is 16.6. The third kappa shape index (κ3) is 7.46. The SMILES string of the molecule is CCNC(=NCC(Cc1ccc(F)cc1)C(N)=O)N(C)CCC1CCOCC1. The second-order valence-corrected chi connectivity index (χ2v) is 7.39. The number of nitrogens with zero attached hydrogens (tertiary/aromatic N) is 2. The van der Waals surface area contributed by atoms with Crippen molar-refractivity contribution in [2.24, 2.45) is 22.6 Å². The van der Waals surface area contributed by atoms with Crippen molar-refractivity contribution in [1.82, 2.24) is 10.2 Å². The summed E-state index contributed by atoms with van der Waals surface area (Å²) >= 11 is 0. The van der Waals surface area contributed by atoms with Gasteiger partial charge in [0.15, 0.2) is 5.96 Å². The lowest BCUT2D eigenvalue weighted by Crippen LogP contribution is -2.41. The zero-order chi connectivity index (χ0) is 20.4. The second-order valence-electron chi connectivity index (χ2n) is 7.39. The molecule has 1 aliphatic heterocycles. The Hall–Kier alpha value is -2.15. The third-order valence-electron chi connectivity index (χ3n) is 5.17. The highest BCUT2D eigenvalue weighted by molar-refractivity contribution is 5.81. The van der Waals surface area contributed by atoms with E-state index in [4.69, 9.17) is 10.5 Å². The number of rotatable bonds is 9. The third-order valence-corrected chi connectivity index (χ3v) is 5.17. The smallest absolute Gasteiger partial charge is 0.222 e. The number of carbonyl (C=O) groups excluding carboxylic acids is 1. The number of hydrogen-bond acceptors (Lipinski definition) is 3. The summed E-state index contributed by atoms with van der Waals surface area (Å²) in [7, 11) is 2.01. The first kappa shape index (κ1) is 22.1. The van der Waals surface area contributed by atoms with Crippen LogP contribution < -0.4 is 11.1 Å². The maximum atomic E-state index is 13.1. The Balaban J connectivity index is 1.94. The van der Waals surface area contributed by atoms with Gasteiger partial charge in [-0.2, -0.15) is 0 Å². The summed E-state index contributed by atoms with van der Waals surface area (Å²) in [6.07, 6.45) is 3.77. The van der Waals surface area contributed by atoms with Crippen molar-refractivity contribution >= 4 is 11.9 Å². The van der Waals surface area contributed by atoms with Gasteiger partial charge < -0.3 is 20.7 Å². The largest absolute Gasteiger partial charge is 0.381 e. The molecule has 0 aromatic heterocycles. The first-order chi connectivity index (χ1) is 13.5. The Kier molecular flexibility index (Phi) is 9.20. The minimum absolute atomic E-state index is 0.294. The molecular weight excluding hydrogens is 359 g/mol. The zero-order valence-electron chi connectivity index (χ0n) is 17.0. The highest BCUT2D eigenvalue weighted by atomic mass is 19.1. The number of ether oxygens (including phenoxy) is 1. The number of benzene rings is 1. The van der Waals surface area contributed by atoms with E-state index in [2.05, 4.69) is 15.2 Å². The molecule has 2 rings (SSSR count). The number of primary amides is 1. The monoisotopic (exact) mass is 392 g/mol. The Morgan fingerprint density at radius 1 is 1.36 bits per heavy atom. The number of guanidine groups is 1. The van der Waals surface area contributed by atoms with E-state index in [1.54, 1.807) is 12.1 Å². The van der Waals surface area contributed by atoms with Gasteiger partial charge >= 0.3 is 0 Å². The quantitative estimate of drug-likeness (QED) is 0.499. The lowest BCUT2D eigenvalue weighted by molar-refractivity contribution is -0.121. The molecule has 1 aromatic rings. The number of aliphatic imine (C=N–C) groups is 1. The van der Waals surface area contributed by atoms with Crippen LogP contribution in [0.2, 0.25) is 0 Å². The van der Waals surface area contributed by atoms with Gasteiger partial charge in [-0.15, -0.1) is 0 Å². The molecule has 1 aliphatic rings. The molecule has 1 amide bonds. The molecule has 3 N–H and O–H groups in total. The van der Waals surface area contributed by atoms with Crippen LogP contribution in [0.5, 0.6) is 0 Å². The fourth-order valence-electron chi connectivity index (χ4n) is 3.34. The van der Waals surface area contributed by atoms with Gasteiger partial charge in [0, 0.05) is 33.4 Å². The fraction of sp³-hybridized carbons (Fsp3) is 0.619. The van der Waals surface area contributed by atoms with E-state index >= 15 is 0 Å². The molecule has 0 saturated carbocycles. The van der Waals surface area contributed by atoms with Crippen LogP contribution in [-0.4, -0.2) is 56.7 Å². The van der Waals surface area contributed by atoms with E-state index in [1.807, 2.05) is 14.0 Å². The predicted octanol–water partition coefficient (Wildman–Crippen LogP) is 2.18. The Bertz CT molecular complexity index is 630. The maximum absolute atomic E-state index is 13.1. The van der Waals surface area contributed by atoms with E-state index in [1.165, 1.54) is 12.1 Å². The summed E-state index contributed by atoms with van der Waals surface area (Å²) < 4.78 is 18.5. The van der Waals surface area contributed by atoms with Gasteiger partial charge in [-0.05, 0) is 56.2 Å². The van der Waals surface area contributed by atoms with Crippen LogP contribution in [0, 0.1) is 17.7 Å². The molecule has 1 heterocycles. The van der Waals surface area contributed by atoms with Crippen LogP contribution in [0.1, 0.15) is 31.7 Å². The Morgan fingerprint density at radius 2 is 2.04 bits per heavy atom. The standard InChI is InChI=1S/C21H33FN4O2/c1-3-24-21(26(2)11-8-16-9-12-28-13-10-16)25-15-18(20(23)27)14-17-4-6-19(22)7-5-17/h4-7,16,18H,3,8-15H2,1-2H3,(H2,23,27)(H,24,25). The summed E-state index contributed by atoms with van der Waals surface area (Å²) in [5.74, 6) is 0.352. The molecule has 1 saturated heterocycles. The molecule has 28 heavy (non-hydrogen) atoms. The van der Waals surface area contributed by atoms with E-state index in [0.29, 0.717) is 18.9 Å². The number of halogens is 1. The molecule has 0 bridgehead atoms. The van der Waals surface area contributed by atoms with Gasteiger partial charge in [0.2, 0.25) is 5.91 Å². The summed E-state index contributed by atoms with van der Waals surface area (Å²) in [6, 6.07) is 6.15. The molecule has 1 aromatic carbocycles. The number of amides is 1. The number of nitrogens with one attached hydrogen (secondary N) is 1. The van der Waals surface area contributed by atoms with Crippen molar-refractivity contribution in [2.45, 2.75) is 32.6 Å². The van der Waals surface area contributed by atoms with E-state index in [9.17, 15) is 9.18 Å². The van der Waals surface area contributed by atoms with E-state index in [-0.39, 0.29) is 5.82 Å². The molecular formula is C21H33FN4O2. The average Bonchev–Trinajstić information content (AvgIpc) is 2.70. The summed E-state index contributed by atoms with van der Waals surface area (Å²) in [5, 5.41) is 3.29.